The summed E-state index contributed by atoms with van der Waals surface area (Å²) in [4.78, 5) is 15.0. The van der Waals surface area contributed by atoms with Crippen molar-refractivity contribution in [2.24, 2.45) is 0 Å². The molecule has 4 aromatic rings. The van der Waals surface area contributed by atoms with Crippen LogP contribution in [-0.4, -0.2) is 5.78 Å². The number of carbonyl (C=O) groups excluding carboxylic acids is 1. The largest absolute Gasteiger partial charge is 0.495 e. The Hall–Kier alpha value is -3.33. The lowest BCUT2D eigenvalue weighted by Crippen LogP contribution is -2.51. The van der Waals surface area contributed by atoms with Crippen molar-refractivity contribution in [2.45, 2.75) is 11.2 Å². The van der Waals surface area contributed by atoms with Crippen LogP contribution in [0.2, 0.25) is 0 Å². The highest BCUT2D eigenvalue weighted by molar-refractivity contribution is 7.17. The third-order valence-electron chi connectivity index (χ3n) is 5.75. The second kappa shape index (κ2) is 10.7. The molecule has 0 bridgehead atoms. The van der Waals surface area contributed by atoms with Gasteiger partial charge in [0.05, 0.1) is 0 Å². The minimum absolute atomic E-state index is 0.476. The maximum atomic E-state index is 15.0. The van der Waals surface area contributed by atoms with Crippen molar-refractivity contribution >= 4 is 23.2 Å². The monoisotopic (exact) mass is 488 g/mol. The molecule has 0 spiro atoms. The molecule has 0 saturated carbocycles. The second-order valence-electron chi connectivity index (χ2n) is 7.53. The maximum Gasteiger partial charge on any atom is 0.495 e. The smallest absolute Gasteiger partial charge is 0.291 e. The van der Waals surface area contributed by atoms with Gasteiger partial charge in [-0.3, -0.25) is 4.79 Å². The van der Waals surface area contributed by atoms with Crippen LogP contribution in [-0.2, 0) is 34.2 Å². The zero-order chi connectivity index (χ0) is 23.9. The molecule has 7 heteroatoms. The third kappa shape index (κ3) is 4.16. The molecule has 168 valence electrons. The van der Waals surface area contributed by atoms with Gasteiger partial charge in [-0.1, -0.05) is 121 Å². The maximum absolute atomic E-state index is 15.0. The van der Waals surface area contributed by atoms with E-state index in [-0.39, 0.29) is 0 Å². The Morgan fingerprint density at radius 3 is 0.912 bits per heavy atom. The van der Waals surface area contributed by atoms with E-state index in [1.165, 1.54) is 0 Å². The van der Waals surface area contributed by atoms with Crippen LogP contribution in [0.25, 0.3) is 0 Å². The van der Waals surface area contributed by atoms with Gasteiger partial charge in [0.15, 0.2) is 0 Å². The Labute approximate surface area is 200 Å². The molecule has 0 aliphatic carbocycles. The average Bonchev–Trinajstić information content (AvgIpc) is 2.92. The molecule has 2 atom stereocenters. The topological polar surface area (TPSA) is 69.7 Å². The molecule has 0 aliphatic rings. The average molecular weight is 488 g/mol. The summed E-state index contributed by atoms with van der Waals surface area (Å²) in [5.74, 6) is -0.568. The Morgan fingerprint density at radius 2 is 0.706 bits per heavy atom. The first-order chi connectivity index (χ1) is 16.7. The standard InChI is InChI=1S/C27H22O5P2/c28-25(26(31-33-29,21-13-5-1-6-14-21)22-15-7-2-8-16-22)27(32-34-30,23-17-9-3-10-18-23)24-19-11-4-12-20-24/h1-20,33-34H/q+2. The van der Waals surface area contributed by atoms with Crippen LogP contribution >= 0.6 is 17.4 Å². The molecule has 4 aromatic carbocycles. The molecular weight excluding hydrogens is 466 g/mol. The van der Waals surface area contributed by atoms with Crippen molar-refractivity contribution in [2.75, 3.05) is 0 Å². The molecule has 0 aliphatic heterocycles. The van der Waals surface area contributed by atoms with Crippen molar-refractivity contribution in [3.8, 4) is 0 Å². The summed E-state index contributed by atoms with van der Waals surface area (Å²) < 4.78 is 36.0. The van der Waals surface area contributed by atoms with E-state index in [2.05, 4.69) is 0 Å². The third-order valence-corrected chi connectivity index (χ3v) is 6.53. The van der Waals surface area contributed by atoms with Crippen molar-refractivity contribution in [1.29, 1.82) is 0 Å². The van der Waals surface area contributed by atoms with Gasteiger partial charge in [-0.05, 0) is 9.13 Å². The summed E-state index contributed by atoms with van der Waals surface area (Å²) in [6, 6.07) is 35.4. The van der Waals surface area contributed by atoms with Gasteiger partial charge < -0.3 is 0 Å². The van der Waals surface area contributed by atoms with E-state index >= 15 is 0 Å². The Bertz CT molecular complexity index is 1070. The minimum atomic E-state index is -1.81. The number of hydrogen-bond donors (Lipinski definition) is 0. The van der Waals surface area contributed by atoms with Crippen molar-refractivity contribution in [3.05, 3.63) is 144 Å². The highest BCUT2D eigenvalue weighted by atomic mass is 31.1. The fourth-order valence-electron chi connectivity index (χ4n) is 4.25. The SMILES string of the molecule is O=[PH+]OC(C(=O)C(O[PH+]=O)(c1ccccc1)c1ccccc1)(c1ccccc1)c1ccccc1. The van der Waals surface area contributed by atoms with Crippen LogP contribution in [0.3, 0.4) is 0 Å². The van der Waals surface area contributed by atoms with Crippen LogP contribution in [0, 0.1) is 0 Å². The Kier molecular flexibility index (Phi) is 7.52. The zero-order valence-corrected chi connectivity index (χ0v) is 20.1. The van der Waals surface area contributed by atoms with E-state index in [0.29, 0.717) is 22.3 Å². The van der Waals surface area contributed by atoms with Crippen LogP contribution in [0.15, 0.2) is 121 Å². The Morgan fingerprint density at radius 1 is 0.471 bits per heavy atom. The number of rotatable bonds is 10. The summed E-state index contributed by atoms with van der Waals surface area (Å²) in [7, 11) is -2.51. The van der Waals surface area contributed by atoms with Gasteiger partial charge >= 0.3 is 17.4 Å². The van der Waals surface area contributed by atoms with Gasteiger partial charge in [0.25, 0.3) is 0 Å². The van der Waals surface area contributed by atoms with E-state index in [0.717, 1.165) is 0 Å². The summed E-state index contributed by atoms with van der Waals surface area (Å²) >= 11 is 0. The van der Waals surface area contributed by atoms with Gasteiger partial charge in [0, 0.05) is 22.3 Å². The van der Waals surface area contributed by atoms with Crippen molar-refractivity contribution in [3.63, 3.8) is 0 Å². The van der Waals surface area contributed by atoms with Gasteiger partial charge in [0.2, 0.25) is 17.0 Å². The molecule has 5 nitrogen and oxygen atoms in total. The molecule has 0 N–H and O–H groups in total. The fourth-order valence-corrected chi connectivity index (χ4v) is 5.16. The van der Waals surface area contributed by atoms with Crippen molar-refractivity contribution < 1.29 is 23.0 Å². The predicted octanol–water partition coefficient (Wildman–Crippen LogP) is 6.35. The van der Waals surface area contributed by atoms with E-state index < -0.39 is 34.4 Å². The molecule has 0 radical (unpaired) electrons. The van der Waals surface area contributed by atoms with Gasteiger partial charge in [-0.2, -0.15) is 0 Å². The summed E-state index contributed by atoms with van der Waals surface area (Å²) in [6.45, 7) is 0. The number of hydrogen-bond acceptors (Lipinski definition) is 5. The first-order valence-corrected chi connectivity index (χ1v) is 12.2. The first-order valence-electron chi connectivity index (χ1n) is 10.6. The van der Waals surface area contributed by atoms with Crippen LogP contribution in [0.5, 0.6) is 0 Å². The number of carbonyl (C=O) groups is 1. The highest BCUT2D eigenvalue weighted by Gasteiger charge is 2.61. The Balaban J connectivity index is 2.11. The fraction of sp³-hybridized carbons (Fsp3) is 0.0741. The summed E-state index contributed by atoms with van der Waals surface area (Å²) in [6.07, 6.45) is 0. The van der Waals surface area contributed by atoms with Crippen molar-refractivity contribution in [1.82, 2.24) is 0 Å². The number of ketones is 1. The number of benzene rings is 4. The molecule has 0 saturated heterocycles. The first kappa shape index (κ1) is 23.8. The van der Waals surface area contributed by atoms with Crippen LogP contribution in [0.4, 0.5) is 0 Å². The molecule has 2 unspecified atom stereocenters. The van der Waals surface area contributed by atoms with Gasteiger partial charge in [-0.15, -0.1) is 9.05 Å². The zero-order valence-electron chi connectivity index (χ0n) is 18.1. The molecule has 0 aromatic heterocycles. The lowest BCUT2D eigenvalue weighted by Gasteiger charge is -2.36. The lowest BCUT2D eigenvalue weighted by atomic mass is 9.71. The normalized spacial score (nSPS) is 12.0. The van der Waals surface area contributed by atoms with Gasteiger partial charge in [0.1, 0.15) is 0 Å². The highest BCUT2D eigenvalue weighted by Crippen LogP contribution is 2.48. The summed E-state index contributed by atoms with van der Waals surface area (Å²) in [5, 5.41) is 0. The molecule has 0 heterocycles. The quantitative estimate of drug-likeness (QED) is 0.243. The molecular formula is C27H22O5P2+2. The molecule has 4 rings (SSSR count). The van der Waals surface area contributed by atoms with E-state index in [1.807, 2.05) is 24.3 Å². The lowest BCUT2D eigenvalue weighted by molar-refractivity contribution is -0.145. The minimum Gasteiger partial charge on any atom is -0.291 e. The molecule has 0 amide bonds. The molecule has 0 fully saturated rings. The van der Waals surface area contributed by atoms with E-state index in [9.17, 15) is 13.9 Å². The molecule has 34 heavy (non-hydrogen) atoms. The number of Topliss-reactive ketones (excluding diaryl/α,β-unsaturated/α-hetero) is 1. The second-order valence-corrected chi connectivity index (χ2v) is 8.27. The van der Waals surface area contributed by atoms with E-state index in [4.69, 9.17) is 9.05 Å². The van der Waals surface area contributed by atoms with Crippen LogP contribution in [0.1, 0.15) is 22.3 Å². The van der Waals surface area contributed by atoms with E-state index in [1.54, 1.807) is 97.1 Å². The predicted molar refractivity (Wildman–Crippen MR) is 133 cm³/mol. The van der Waals surface area contributed by atoms with Gasteiger partial charge in [-0.25, -0.2) is 0 Å². The van der Waals surface area contributed by atoms with Crippen LogP contribution < -0.4 is 0 Å². The summed E-state index contributed by atoms with van der Waals surface area (Å²) in [5.41, 5.74) is -1.72.